The Kier molecular flexibility index (Phi) is 3.91. The fourth-order valence-electron chi connectivity index (χ4n) is 3.10. The van der Waals surface area contributed by atoms with Gasteiger partial charge < -0.3 is 11.1 Å². The van der Waals surface area contributed by atoms with E-state index in [1.54, 1.807) is 12.1 Å². The third kappa shape index (κ3) is 2.51. The van der Waals surface area contributed by atoms with Crippen molar-refractivity contribution in [2.75, 3.05) is 11.9 Å². The summed E-state index contributed by atoms with van der Waals surface area (Å²) < 4.78 is 12.9. The lowest BCUT2D eigenvalue weighted by Crippen LogP contribution is -2.54. The Balaban J connectivity index is 2.19. The summed E-state index contributed by atoms with van der Waals surface area (Å²) in [5.74, 6) is 1.00. The molecule has 1 aliphatic rings. The van der Waals surface area contributed by atoms with Crippen molar-refractivity contribution in [1.29, 1.82) is 0 Å². The van der Waals surface area contributed by atoms with Crippen molar-refractivity contribution < 1.29 is 4.39 Å². The second kappa shape index (κ2) is 5.27. The molecule has 3 atom stereocenters. The summed E-state index contributed by atoms with van der Waals surface area (Å²) in [7, 11) is 0. The molecule has 2 rings (SSSR count). The minimum atomic E-state index is -0.201. The highest BCUT2D eigenvalue weighted by Gasteiger charge is 2.40. The molecule has 0 bridgehead atoms. The fourth-order valence-corrected chi connectivity index (χ4v) is 3.10. The van der Waals surface area contributed by atoms with Gasteiger partial charge in [0.15, 0.2) is 0 Å². The summed E-state index contributed by atoms with van der Waals surface area (Å²) in [6.07, 6.45) is 3.57. The maximum atomic E-state index is 12.9. The molecule has 3 unspecified atom stereocenters. The van der Waals surface area contributed by atoms with Crippen molar-refractivity contribution in [3.8, 4) is 0 Å². The smallest absolute Gasteiger partial charge is 0.123 e. The van der Waals surface area contributed by atoms with Crippen LogP contribution in [0, 0.1) is 17.7 Å². The van der Waals surface area contributed by atoms with Crippen LogP contribution in [0.5, 0.6) is 0 Å². The first-order chi connectivity index (χ1) is 8.57. The zero-order valence-corrected chi connectivity index (χ0v) is 11.2. The average Bonchev–Trinajstić information content (AvgIpc) is 2.38. The number of nitrogens with two attached hydrogens (primary N) is 1. The molecule has 1 aromatic carbocycles. The van der Waals surface area contributed by atoms with Gasteiger partial charge in [0.05, 0.1) is 5.54 Å². The largest absolute Gasteiger partial charge is 0.378 e. The monoisotopic (exact) mass is 250 g/mol. The number of benzene rings is 1. The number of anilines is 1. The molecule has 1 aliphatic carbocycles. The molecule has 1 aromatic rings. The van der Waals surface area contributed by atoms with Crippen LogP contribution in [0.25, 0.3) is 0 Å². The fraction of sp³-hybridized carbons (Fsp3) is 0.600. The van der Waals surface area contributed by atoms with E-state index in [0.717, 1.165) is 12.1 Å². The van der Waals surface area contributed by atoms with Gasteiger partial charge in [-0.05, 0) is 42.5 Å². The van der Waals surface area contributed by atoms with Crippen LogP contribution in [-0.2, 0) is 0 Å². The Morgan fingerprint density at radius 1 is 1.33 bits per heavy atom. The lowest BCUT2D eigenvalue weighted by atomic mass is 9.68. The van der Waals surface area contributed by atoms with Gasteiger partial charge in [-0.25, -0.2) is 4.39 Å². The molecule has 0 radical (unpaired) electrons. The molecule has 0 spiro atoms. The number of nitrogens with one attached hydrogen (secondary N) is 1. The van der Waals surface area contributed by atoms with Crippen LogP contribution in [0.15, 0.2) is 24.3 Å². The zero-order valence-electron chi connectivity index (χ0n) is 11.2. The summed E-state index contributed by atoms with van der Waals surface area (Å²) in [6.45, 7) is 5.18. The molecule has 1 fully saturated rings. The van der Waals surface area contributed by atoms with Gasteiger partial charge in [0, 0.05) is 12.2 Å². The SMILES string of the molecule is CC1CCCC(CN)(Nc2ccc(F)cc2)C1C. The number of halogens is 1. The van der Waals surface area contributed by atoms with E-state index in [4.69, 9.17) is 5.73 Å². The second-order valence-electron chi connectivity index (χ2n) is 5.65. The standard InChI is InChI=1S/C15H23FN2/c1-11-4-3-9-15(10-17,12(11)2)18-14-7-5-13(16)6-8-14/h5-8,11-12,18H,3-4,9-10,17H2,1-2H3. The number of hydrogen-bond acceptors (Lipinski definition) is 2. The first kappa shape index (κ1) is 13.3. The molecule has 100 valence electrons. The van der Waals surface area contributed by atoms with Crippen molar-refractivity contribution in [2.24, 2.45) is 17.6 Å². The van der Waals surface area contributed by atoms with E-state index in [2.05, 4.69) is 19.2 Å². The van der Waals surface area contributed by atoms with Crippen LogP contribution < -0.4 is 11.1 Å². The highest BCUT2D eigenvalue weighted by molar-refractivity contribution is 5.46. The third-order valence-corrected chi connectivity index (χ3v) is 4.61. The van der Waals surface area contributed by atoms with Crippen LogP contribution in [0.2, 0.25) is 0 Å². The van der Waals surface area contributed by atoms with Crippen LogP contribution in [-0.4, -0.2) is 12.1 Å². The predicted octanol–water partition coefficient (Wildman–Crippen LogP) is 3.39. The van der Waals surface area contributed by atoms with Crippen LogP contribution in [0.3, 0.4) is 0 Å². The van der Waals surface area contributed by atoms with Crippen molar-refractivity contribution in [3.63, 3.8) is 0 Å². The molecule has 3 N–H and O–H groups in total. The lowest BCUT2D eigenvalue weighted by Gasteiger charge is -2.46. The highest BCUT2D eigenvalue weighted by Crippen LogP contribution is 2.39. The quantitative estimate of drug-likeness (QED) is 0.863. The van der Waals surface area contributed by atoms with Crippen molar-refractivity contribution in [1.82, 2.24) is 0 Å². The molecule has 0 heterocycles. The van der Waals surface area contributed by atoms with Gasteiger partial charge in [-0.3, -0.25) is 0 Å². The Bertz CT molecular complexity index is 390. The second-order valence-corrected chi connectivity index (χ2v) is 5.65. The Morgan fingerprint density at radius 2 is 2.00 bits per heavy atom. The zero-order chi connectivity index (χ0) is 13.2. The van der Waals surface area contributed by atoms with Gasteiger partial charge in [0.2, 0.25) is 0 Å². The van der Waals surface area contributed by atoms with Gasteiger partial charge >= 0.3 is 0 Å². The van der Waals surface area contributed by atoms with Gasteiger partial charge in [0.25, 0.3) is 0 Å². The minimum absolute atomic E-state index is 0.0461. The molecule has 0 aliphatic heterocycles. The van der Waals surface area contributed by atoms with E-state index < -0.39 is 0 Å². The van der Waals surface area contributed by atoms with Crippen LogP contribution in [0.4, 0.5) is 10.1 Å². The average molecular weight is 250 g/mol. The maximum absolute atomic E-state index is 12.9. The summed E-state index contributed by atoms with van der Waals surface area (Å²) in [5, 5.41) is 3.56. The van der Waals surface area contributed by atoms with E-state index >= 15 is 0 Å². The molecule has 3 heteroatoms. The third-order valence-electron chi connectivity index (χ3n) is 4.61. The van der Waals surface area contributed by atoms with E-state index in [0.29, 0.717) is 18.4 Å². The van der Waals surface area contributed by atoms with E-state index in [1.807, 2.05) is 0 Å². The minimum Gasteiger partial charge on any atom is -0.378 e. The Hall–Kier alpha value is -1.09. The van der Waals surface area contributed by atoms with Crippen LogP contribution >= 0.6 is 0 Å². The van der Waals surface area contributed by atoms with Gasteiger partial charge in [-0.2, -0.15) is 0 Å². The molecule has 0 saturated heterocycles. The molecular formula is C15H23FN2. The topological polar surface area (TPSA) is 38.0 Å². The molecule has 0 amide bonds. The van der Waals surface area contributed by atoms with Crippen molar-refractivity contribution in [2.45, 2.75) is 38.6 Å². The first-order valence-corrected chi connectivity index (χ1v) is 6.81. The van der Waals surface area contributed by atoms with E-state index in [1.165, 1.54) is 25.0 Å². The number of rotatable bonds is 3. The summed E-state index contributed by atoms with van der Waals surface area (Å²) in [4.78, 5) is 0. The van der Waals surface area contributed by atoms with Crippen LogP contribution in [0.1, 0.15) is 33.1 Å². The number of hydrogen-bond donors (Lipinski definition) is 2. The molecule has 18 heavy (non-hydrogen) atoms. The Labute approximate surface area is 109 Å². The summed E-state index contributed by atoms with van der Waals surface area (Å²) >= 11 is 0. The normalized spacial score (nSPS) is 32.2. The first-order valence-electron chi connectivity index (χ1n) is 6.81. The van der Waals surface area contributed by atoms with Gasteiger partial charge in [-0.1, -0.05) is 26.7 Å². The summed E-state index contributed by atoms with van der Waals surface area (Å²) in [5.41, 5.74) is 6.95. The molecule has 2 nitrogen and oxygen atoms in total. The maximum Gasteiger partial charge on any atom is 0.123 e. The van der Waals surface area contributed by atoms with Gasteiger partial charge in [0.1, 0.15) is 5.82 Å². The van der Waals surface area contributed by atoms with E-state index in [-0.39, 0.29) is 11.4 Å². The van der Waals surface area contributed by atoms with Crippen molar-refractivity contribution in [3.05, 3.63) is 30.1 Å². The highest BCUT2D eigenvalue weighted by atomic mass is 19.1. The van der Waals surface area contributed by atoms with E-state index in [9.17, 15) is 4.39 Å². The Morgan fingerprint density at radius 3 is 2.61 bits per heavy atom. The van der Waals surface area contributed by atoms with Crippen molar-refractivity contribution >= 4 is 5.69 Å². The predicted molar refractivity (Wildman–Crippen MR) is 74.0 cm³/mol. The summed E-state index contributed by atoms with van der Waals surface area (Å²) in [6, 6.07) is 6.56. The molecule has 1 saturated carbocycles. The molecular weight excluding hydrogens is 227 g/mol. The van der Waals surface area contributed by atoms with Gasteiger partial charge in [-0.15, -0.1) is 0 Å². The lowest BCUT2D eigenvalue weighted by molar-refractivity contribution is 0.168. The molecule has 0 aromatic heterocycles.